The minimum absolute atomic E-state index is 0.442. The number of nitrogen functional groups attached to an aromatic ring is 1. The third-order valence-corrected chi connectivity index (χ3v) is 3.01. The van der Waals surface area contributed by atoms with Crippen LogP contribution in [0.25, 0.3) is 0 Å². The quantitative estimate of drug-likeness (QED) is 0.895. The average molecular weight is 271 g/mol. The largest absolute Gasteiger partial charge is 0.439 e. The summed E-state index contributed by atoms with van der Waals surface area (Å²) in [5.74, 6) is 2.93. The maximum atomic E-state index is 5.78. The molecule has 106 valence electrons. The fourth-order valence-electron chi connectivity index (χ4n) is 1.92. The van der Waals surface area contributed by atoms with E-state index >= 15 is 0 Å². The third kappa shape index (κ3) is 3.70. The maximum absolute atomic E-state index is 5.78. The van der Waals surface area contributed by atoms with E-state index in [2.05, 4.69) is 42.9 Å². The van der Waals surface area contributed by atoms with Gasteiger partial charge in [0.15, 0.2) is 0 Å². The van der Waals surface area contributed by atoms with Crippen LogP contribution in [0.2, 0.25) is 0 Å². The summed E-state index contributed by atoms with van der Waals surface area (Å²) < 4.78 is 5.75. The lowest BCUT2D eigenvalue weighted by molar-refractivity contribution is 0.458. The number of nitrogens with two attached hydrogens (primary N) is 1. The van der Waals surface area contributed by atoms with Crippen LogP contribution in [0.15, 0.2) is 30.3 Å². The molecule has 1 aromatic carbocycles. The molecule has 0 unspecified atom stereocenters. The molecule has 2 rings (SSSR count). The highest BCUT2D eigenvalue weighted by Crippen LogP contribution is 2.23. The fourth-order valence-corrected chi connectivity index (χ4v) is 1.92. The molecule has 0 aliphatic carbocycles. The molecule has 4 heteroatoms. The Bertz CT molecular complexity index is 564. The summed E-state index contributed by atoms with van der Waals surface area (Å²) in [5, 5.41) is 0. The van der Waals surface area contributed by atoms with Crippen LogP contribution in [-0.4, -0.2) is 9.97 Å². The van der Waals surface area contributed by atoms with Gasteiger partial charge in [0, 0.05) is 12.5 Å². The van der Waals surface area contributed by atoms with Crippen molar-refractivity contribution < 1.29 is 4.74 Å². The standard InChI is InChI=1S/C16H21N3O/c1-4-5-15-18-14(17)10-16(19-15)20-13-8-6-12(7-9-13)11(2)3/h6-11H,4-5H2,1-3H3,(H2,17,18,19). The van der Waals surface area contributed by atoms with Crippen molar-refractivity contribution >= 4 is 5.82 Å². The Morgan fingerprint density at radius 3 is 2.45 bits per heavy atom. The van der Waals surface area contributed by atoms with Crippen LogP contribution in [0.3, 0.4) is 0 Å². The molecule has 1 heterocycles. The van der Waals surface area contributed by atoms with Crippen LogP contribution in [0.1, 0.15) is 44.5 Å². The van der Waals surface area contributed by atoms with Gasteiger partial charge in [0.1, 0.15) is 17.4 Å². The van der Waals surface area contributed by atoms with Gasteiger partial charge in [0.05, 0.1) is 0 Å². The highest BCUT2D eigenvalue weighted by Gasteiger charge is 2.05. The van der Waals surface area contributed by atoms with E-state index in [4.69, 9.17) is 10.5 Å². The van der Waals surface area contributed by atoms with Crippen LogP contribution in [0, 0.1) is 0 Å². The lowest BCUT2D eigenvalue weighted by Crippen LogP contribution is -2.01. The Kier molecular flexibility index (Phi) is 4.56. The van der Waals surface area contributed by atoms with Crippen molar-refractivity contribution in [3.8, 4) is 11.6 Å². The monoisotopic (exact) mass is 271 g/mol. The smallest absolute Gasteiger partial charge is 0.224 e. The van der Waals surface area contributed by atoms with Crippen LogP contribution >= 0.6 is 0 Å². The summed E-state index contributed by atoms with van der Waals surface area (Å²) >= 11 is 0. The zero-order chi connectivity index (χ0) is 14.5. The van der Waals surface area contributed by atoms with Crippen LogP contribution in [0.4, 0.5) is 5.82 Å². The molecule has 0 amide bonds. The van der Waals surface area contributed by atoms with Gasteiger partial charge >= 0.3 is 0 Å². The minimum Gasteiger partial charge on any atom is -0.439 e. The van der Waals surface area contributed by atoms with E-state index in [1.54, 1.807) is 6.07 Å². The van der Waals surface area contributed by atoms with E-state index in [9.17, 15) is 0 Å². The first-order chi connectivity index (χ1) is 9.58. The lowest BCUT2D eigenvalue weighted by Gasteiger charge is -2.09. The predicted molar refractivity (Wildman–Crippen MR) is 81.0 cm³/mol. The van der Waals surface area contributed by atoms with Crippen molar-refractivity contribution in [1.29, 1.82) is 0 Å². The Labute approximate surface area is 120 Å². The number of benzene rings is 1. The number of ether oxygens (including phenoxy) is 1. The van der Waals surface area contributed by atoms with Crippen LogP contribution < -0.4 is 10.5 Å². The highest BCUT2D eigenvalue weighted by molar-refractivity contribution is 5.37. The second kappa shape index (κ2) is 6.37. The van der Waals surface area contributed by atoms with Gasteiger partial charge in [0.2, 0.25) is 5.88 Å². The van der Waals surface area contributed by atoms with Crippen molar-refractivity contribution in [2.24, 2.45) is 0 Å². The molecule has 0 aliphatic heterocycles. The highest BCUT2D eigenvalue weighted by atomic mass is 16.5. The van der Waals surface area contributed by atoms with Gasteiger partial charge in [-0.2, -0.15) is 4.98 Å². The first kappa shape index (κ1) is 14.3. The van der Waals surface area contributed by atoms with Gasteiger partial charge < -0.3 is 10.5 Å². The zero-order valence-electron chi connectivity index (χ0n) is 12.3. The van der Waals surface area contributed by atoms with Crippen molar-refractivity contribution in [2.75, 3.05) is 5.73 Å². The SMILES string of the molecule is CCCc1nc(N)cc(Oc2ccc(C(C)C)cc2)n1. The van der Waals surface area contributed by atoms with Gasteiger partial charge in [-0.1, -0.05) is 32.9 Å². The van der Waals surface area contributed by atoms with E-state index in [1.807, 2.05) is 12.1 Å². The van der Waals surface area contributed by atoms with Crippen molar-refractivity contribution in [2.45, 2.75) is 39.5 Å². The molecule has 0 atom stereocenters. The average Bonchev–Trinajstić information content (AvgIpc) is 2.39. The molecule has 4 nitrogen and oxygen atoms in total. The number of aryl methyl sites for hydroxylation is 1. The second-order valence-corrected chi connectivity index (χ2v) is 5.12. The van der Waals surface area contributed by atoms with E-state index in [0.717, 1.165) is 24.4 Å². The second-order valence-electron chi connectivity index (χ2n) is 5.12. The van der Waals surface area contributed by atoms with Crippen LogP contribution in [0.5, 0.6) is 11.6 Å². The first-order valence-corrected chi connectivity index (χ1v) is 6.99. The summed E-state index contributed by atoms with van der Waals surface area (Å²) in [5.41, 5.74) is 7.06. The molecule has 0 spiro atoms. The number of hydrogen-bond donors (Lipinski definition) is 1. The van der Waals surface area contributed by atoms with E-state index < -0.39 is 0 Å². The summed E-state index contributed by atoms with van der Waals surface area (Å²) in [7, 11) is 0. The van der Waals surface area contributed by atoms with Crippen molar-refractivity contribution in [1.82, 2.24) is 9.97 Å². The molecule has 0 aliphatic rings. The zero-order valence-corrected chi connectivity index (χ0v) is 12.3. The molecule has 0 fully saturated rings. The van der Waals surface area contributed by atoms with Gasteiger partial charge in [-0.3, -0.25) is 0 Å². The van der Waals surface area contributed by atoms with E-state index in [1.165, 1.54) is 5.56 Å². The van der Waals surface area contributed by atoms with E-state index in [-0.39, 0.29) is 0 Å². The Hall–Kier alpha value is -2.10. The Balaban J connectivity index is 2.16. The van der Waals surface area contributed by atoms with Crippen LogP contribution in [-0.2, 0) is 6.42 Å². The van der Waals surface area contributed by atoms with Gasteiger partial charge in [-0.15, -0.1) is 0 Å². The number of anilines is 1. The van der Waals surface area contributed by atoms with E-state index in [0.29, 0.717) is 17.6 Å². The molecule has 2 aromatic rings. The number of rotatable bonds is 5. The van der Waals surface area contributed by atoms with Gasteiger partial charge in [-0.25, -0.2) is 4.98 Å². The Morgan fingerprint density at radius 2 is 1.85 bits per heavy atom. The first-order valence-electron chi connectivity index (χ1n) is 6.99. The van der Waals surface area contributed by atoms with Gasteiger partial charge in [0.25, 0.3) is 0 Å². The minimum atomic E-state index is 0.442. The number of aromatic nitrogens is 2. The third-order valence-electron chi connectivity index (χ3n) is 3.01. The topological polar surface area (TPSA) is 61.0 Å². The molecule has 0 bridgehead atoms. The summed E-state index contributed by atoms with van der Waals surface area (Å²) in [6, 6.07) is 9.69. The molecule has 1 aromatic heterocycles. The number of hydrogen-bond acceptors (Lipinski definition) is 4. The maximum Gasteiger partial charge on any atom is 0.224 e. The predicted octanol–water partition coefficient (Wildman–Crippen LogP) is 3.93. The van der Waals surface area contributed by atoms with Gasteiger partial charge in [-0.05, 0) is 30.0 Å². The lowest BCUT2D eigenvalue weighted by atomic mass is 10.0. The van der Waals surface area contributed by atoms with Crippen molar-refractivity contribution in [3.05, 3.63) is 41.7 Å². The molecular weight excluding hydrogens is 250 g/mol. The normalized spacial score (nSPS) is 10.8. The number of nitrogens with zero attached hydrogens (tertiary/aromatic N) is 2. The molecule has 20 heavy (non-hydrogen) atoms. The molecule has 2 N–H and O–H groups in total. The summed E-state index contributed by atoms with van der Waals surface area (Å²) in [6.07, 6.45) is 1.78. The Morgan fingerprint density at radius 1 is 1.15 bits per heavy atom. The molecule has 0 saturated heterocycles. The molecule has 0 saturated carbocycles. The summed E-state index contributed by atoms with van der Waals surface area (Å²) in [4.78, 5) is 8.55. The fraction of sp³-hybridized carbons (Fsp3) is 0.375. The molecule has 0 radical (unpaired) electrons. The van der Waals surface area contributed by atoms with Crippen molar-refractivity contribution in [3.63, 3.8) is 0 Å². The summed E-state index contributed by atoms with van der Waals surface area (Å²) in [6.45, 7) is 6.41. The molecular formula is C16H21N3O.